The first kappa shape index (κ1) is 11.1. The van der Waals surface area contributed by atoms with Crippen molar-refractivity contribution in [1.29, 1.82) is 0 Å². The van der Waals surface area contributed by atoms with Crippen LogP contribution in [0.15, 0.2) is 17.3 Å². The van der Waals surface area contributed by atoms with Crippen LogP contribution in [0.2, 0.25) is 0 Å². The van der Waals surface area contributed by atoms with Crippen LogP contribution in [0, 0.1) is 5.92 Å². The number of carbonyl (C=O) groups is 1. The van der Waals surface area contributed by atoms with E-state index in [1.54, 1.807) is 20.3 Å². The maximum Gasteiger partial charge on any atom is 0.233 e. The van der Waals surface area contributed by atoms with E-state index in [0.29, 0.717) is 11.9 Å². The molecule has 1 aliphatic carbocycles. The molecule has 2 unspecified atom stereocenters. The Bertz CT molecular complexity index is 334. The smallest absolute Gasteiger partial charge is 0.233 e. The van der Waals surface area contributed by atoms with E-state index in [9.17, 15) is 4.79 Å². The van der Waals surface area contributed by atoms with Crippen LogP contribution in [0.3, 0.4) is 0 Å². The molecule has 0 radical (unpaired) electrons. The van der Waals surface area contributed by atoms with Crippen LogP contribution in [-0.2, 0) is 9.53 Å². The summed E-state index contributed by atoms with van der Waals surface area (Å²) in [5, 5.41) is 5.64. The Hall–Kier alpha value is -1.36. The molecule has 0 saturated heterocycles. The Morgan fingerprint density at radius 3 is 2.94 bits per heavy atom. The van der Waals surface area contributed by atoms with Gasteiger partial charge in [-0.05, 0) is 18.9 Å². The van der Waals surface area contributed by atoms with Crippen LogP contribution >= 0.6 is 0 Å². The number of aliphatic imine (C=N–C) groups is 1. The summed E-state index contributed by atoms with van der Waals surface area (Å²) in [4.78, 5) is 15.9. The van der Waals surface area contributed by atoms with Crippen molar-refractivity contribution in [3.8, 4) is 0 Å². The van der Waals surface area contributed by atoms with Crippen LogP contribution in [0.4, 0.5) is 0 Å². The average molecular weight is 223 g/mol. The number of rotatable bonds is 3. The zero-order valence-electron chi connectivity index (χ0n) is 9.56. The van der Waals surface area contributed by atoms with Gasteiger partial charge in [0.25, 0.3) is 0 Å². The van der Waals surface area contributed by atoms with E-state index in [-0.39, 0.29) is 17.9 Å². The molecule has 2 rings (SSSR count). The first-order valence-corrected chi connectivity index (χ1v) is 5.53. The van der Waals surface area contributed by atoms with Crippen molar-refractivity contribution in [1.82, 2.24) is 10.6 Å². The molecular weight excluding hydrogens is 206 g/mol. The molecule has 2 atom stereocenters. The summed E-state index contributed by atoms with van der Waals surface area (Å²) in [6, 6.07) is 0. The van der Waals surface area contributed by atoms with Crippen molar-refractivity contribution >= 4 is 11.7 Å². The number of carbonyl (C=O) groups excluding carboxylic acids is 1. The first-order valence-electron chi connectivity index (χ1n) is 5.53. The molecule has 16 heavy (non-hydrogen) atoms. The minimum Gasteiger partial charge on any atom is -0.370 e. The third-order valence-corrected chi connectivity index (χ3v) is 2.78. The van der Waals surface area contributed by atoms with E-state index in [2.05, 4.69) is 15.6 Å². The monoisotopic (exact) mass is 223 g/mol. The van der Waals surface area contributed by atoms with Gasteiger partial charge in [0.05, 0.1) is 12.2 Å². The minimum absolute atomic E-state index is 0.0666. The Morgan fingerprint density at radius 1 is 1.62 bits per heavy atom. The van der Waals surface area contributed by atoms with Gasteiger partial charge in [0.15, 0.2) is 0 Å². The Balaban J connectivity index is 2.15. The van der Waals surface area contributed by atoms with Gasteiger partial charge in [0, 0.05) is 20.3 Å². The minimum atomic E-state index is -0.361. The molecule has 1 saturated carbocycles. The molecular formula is C11H17N3O2. The zero-order chi connectivity index (χ0) is 11.5. The van der Waals surface area contributed by atoms with Crippen molar-refractivity contribution in [2.24, 2.45) is 10.9 Å². The topological polar surface area (TPSA) is 62.7 Å². The van der Waals surface area contributed by atoms with Crippen LogP contribution in [-0.4, -0.2) is 38.0 Å². The van der Waals surface area contributed by atoms with E-state index in [1.165, 1.54) is 0 Å². The predicted molar refractivity (Wildman–Crippen MR) is 61.1 cm³/mol. The quantitative estimate of drug-likeness (QED) is 0.710. The Morgan fingerprint density at radius 2 is 2.38 bits per heavy atom. The lowest BCUT2D eigenvalue weighted by atomic mass is 9.97. The number of ether oxygens (including phenoxy) is 1. The summed E-state index contributed by atoms with van der Waals surface area (Å²) < 4.78 is 5.80. The molecule has 5 heteroatoms. The normalized spacial score (nSPS) is 31.2. The molecule has 0 bridgehead atoms. The van der Waals surface area contributed by atoms with Crippen molar-refractivity contribution in [3.05, 3.63) is 12.3 Å². The van der Waals surface area contributed by atoms with Crippen molar-refractivity contribution in [2.75, 3.05) is 14.1 Å². The molecule has 1 heterocycles. The van der Waals surface area contributed by atoms with E-state index < -0.39 is 0 Å². The highest BCUT2D eigenvalue weighted by Crippen LogP contribution is 2.28. The number of amides is 1. The van der Waals surface area contributed by atoms with Gasteiger partial charge in [-0.3, -0.25) is 9.79 Å². The molecule has 2 aliphatic rings. The Labute approximate surface area is 95.0 Å². The third-order valence-electron chi connectivity index (χ3n) is 2.78. The molecule has 1 fully saturated rings. The van der Waals surface area contributed by atoms with Gasteiger partial charge in [-0.2, -0.15) is 0 Å². The summed E-state index contributed by atoms with van der Waals surface area (Å²) in [6.45, 7) is 0. The number of nitrogens with one attached hydrogen (secondary N) is 2. The van der Waals surface area contributed by atoms with Crippen LogP contribution in [0.1, 0.15) is 12.8 Å². The highest BCUT2D eigenvalue weighted by molar-refractivity contribution is 6.04. The number of hydrogen-bond donors (Lipinski definition) is 2. The summed E-state index contributed by atoms with van der Waals surface area (Å²) in [7, 11) is 3.30. The molecule has 1 amide bonds. The molecule has 0 aromatic rings. The molecule has 5 nitrogen and oxygen atoms in total. The number of nitrogens with zero attached hydrogens (tertiary/aromatic N) is 1. The van der Waals surface area contributed by atoms with Gasteiger partial charge in [-0.25, -0.2) is 0 Å². The third kappa shape index (κ3) is 2.24. The van der Waals surface area contributed by atoms with E-state index >= 15 is 0 Å². The SMILES string of the molecule is CN=C1NC=CC(OC2CC2)C1C(=O)NC. The lowest BCUT2D eigenvalue weighted by Crippen LogP contribution is -2.48. The maximum absolute atomic E-state index is 11.8. The molecule has 2 N–H and O–H groups in total. The standard InChI is InChI=1S/C11H17N3O2/c1-12-10-9(11(15)13-2)8(5-6-14-10)16-7-3-4-7/h5-9H,3-4H2,1-2H3,(H,12,14)(H,13,15). The zero-order valence-corrected chi connectivity index (χ0v) is 9.56. The second-order valence-electron chi connectivity index (χ2n) is 4.00. The summed E-state index contributed by atoms with van der Waals surface area (Å²) >= 11 is 0. The van der Waals surface area contributed by atoms with E-state index in [0.717, 1.165) is 12.8 Å². The second-order valence-corrected chi connectivity index (χ2v) is 4.00. The van der Waals surface area contributed by atoms with Gasteiger partial charge in [-0.1, -0.05) is 0 Å². The van der Waals surface area contributed by atoms with Gasteiger partial charge < -0.3 is 15.4 Å². The largest absolute Gasteiger partial charge is 0.370 e. The van der Waals surface area contributed by atoms with Crippen molar-refractivity contribution < 1.29 is 9.53 Å². The fraction of sp³-hybridized carbons (Fsp3) is 0.636. The average Bonchev–Trinajstić information content (AvgIpc) is 3.11. The van der Waals surface area contributed by atoms with Crippen molar-refractivity contribution in [3.63, 3.8) is 0 Å². The molecule has 88 valence electrons. The maximum atomic E-state index is 11.8. The lowest BCUT2D eigenvalue weighted by Gasteiger charge is -2.28. The van der Waals surface area contributed by atoms with Crippen LogP contribution in [0.5, 0.6) is 0 Å². The molecule has 0 aromatic carbocycles. The van der Waals surface area contributed by atoms with Gasteiger partial charge >= 0.3 is 0 Å². The van der Waals surface area contributed by atoms with Gasteiger partial charge in [-0.15, -0.1) is 0 Å². The molecule has 0 aromatic heterocycles. The fourth-order valence-electron chi connectivity index (χ4n) is 1.77. The first-order chi connectivity index (χ1) is 7.76. The van der Waals surface area contributed by atoms with Crippen LogP contribution in [0.25, 0.3) is 0 Å². The lowest BCUT2D eigenvalue weighted by molar-refractivity contribution is -0.125. The number of amidine groups is 1. The predicted octanol–water partition coefficient (Wildman–Crippen LogP) is 0.0414. The summed E-state index contributed by atoms with van der Waals surface area (Å²) in [5.74, 6) is 0.233. The second kappa shape index (κ2) is 4.65. The summed E-state index contributed by atoms with van der Waals surface area (Å²) in [5.41, 5.74) is 0. The highest BCUT2D eigenvalue weighted by Gasteiger charge is 2.37. The molecule has 1 aliphatic heterocycles. The Kier molecular flexibility index (Phi) is 3.24. The van der Waals surface area contributed by atoms with Crippen molar-refractivity contribution in [2.45, 2.75) is 25.0 Å². The highest BCUT2D eigenvalue weighted by atomic mass is 16.5. The number of hydrogen-bond acceptors (Lipinski definition) is 3. The fourth-order valence-corrected chi connectivity index (χ4v) is 1.77. The van der Waals surface area contributed by atoms with E-state index in [1.807, 2.05) is 6.08 Å². The van der Waals surface area contributed by atoms with E-state index in [4.69, 9.17) is 4.74 Å². The van der Waals surface area contributed by atoms with Gasteiger partial charge in [0.2, 0.25) is 5.91 Å². The van der Waals surface area contributed by atoms with Gasteiger partial charge in [0.1, 0.15) is 11.8 Å². The summed E-state index contributed by atoms with van der Waals surface area (Å²) in [6.07, 6.45) is 5.97. The van der Waals surface area contributed by atoms with Crippen LogP contribution < -0.4 is 10.6 Å². The molecule has 0 spiro atoms.